The fourth-order valence-electron chi connectivity index (χ4n) is 1.73. The molecular weight excluding hydrogens is 162 g/mol. The summed E-state index contributed by atoms with van der Waals surface area (Å²) in [5.74, 6) is 0.924. The number of nitrogens with two attached hydrogens (primary N) is 1. The first-order chi connectivity index (χ1) is 6.22. The number of hydrogen-bond acceptors (Lipinski definition) is 2. The first-order valence-electron chi connectivity index (χ1n) is 4.36. The Morgan fingerprint density at radius 2 is 2.15 bits per heavy atom. The Kier molecular flexibility index (Phi) is 1.81. The maximum Gasteiger partial charge on any atom is 0.127 e. The van der Waals surface area contributed by atoms with Gasteiger partial charge in [-0.25, -0.2) is 4.98 Å². The zero-order chi connectivity index (χ0) is 9.42. The SMILES string of the molecule is Cc1cc(C)n2c(CN)ncc2c1. The predicted molar refractivity (Wildman–Crippen MR) is 52.6 cm³/mol. The molecule has 0 atom stereocenters. The zero-order valence-corrected chi connectivity index (χ0v) is 7.91. The number of nitrogens with zero attached hydrogens (tertiary/aromatic N) is 2. The summed E-state index contributed by atoms with van der Waals surface area (Å²) in [7, 11) is 0. The van der Waals surface area contributed by atoms with Crippen LogP contribution < -0.4 is 5.73 Å². The maximum absolute atomic E-state index is 5.58. The molecule has 0 saturated heterocycles. The van der Waals surface area contributed by atoms with Gasteiger partial charge < -0.3 is 5.73 Å². The molecule has 0 aliphatic carbocycles. The average molecular weight is 175 g/mol. The summed E-state index contributed by atoms with van der Waals surface area (Å²) >= 11 is 0. The van der Waals surface area contributed by atoms with E-state index in [4.69, 9.17) is 5.73 Å². The molecule has 2 aromatic rings. The molecule has 2 N–H and O–H groups in total. The molecular formula is C10H13N3. The van der Waals surface area contributed by atoms with Gasteiger partial charge >= 0.3 is 0 Å². The number of hydrogen-bond donors (Lipinski definition) is 1. The second kappa shape index (κ2) is 2.85. The summed E-state index contributed by atoms with van der Waals surface area (Å²) in [5.41, 5.74) is 9.15. The molecule has 0 aliphatic heterocycles. The molecule has 0 bridgehead atoms. The van der Waals surface area contributed by atoms with Crippen molar-refractivity contribution in [2.75, 3.05) is 0 Å². The number of imidazole rings is 1. The van der Waals surface area contributed by atoms with Crippen LogP contribution in [0.25, 0.3) is 5.52 Å². The minimum atomic E-state index is 0.484. The highest BCUT2D eigenvalue weighted by molar-refractivity contribution is 5.49. The van der Waals surface area contributed by atoms with E-state index in [1.54, 1.807) is 0 Å². The molecule has 13 heavy (non-hydrogen) atoms. The lowest BCUT2D eigenvalue weighted by atomic mass is 10.2. The minimum absolute atomic E-state index is 0.484. The number of aromatic nitrogens is 2. The molecule has 0 spiro atoms. The Hall–Kier alpha value is -1.35. The smallest absolute Gasteiger partial charge is 0.127 e. The molecule has 3 nitrogen and oxygen atoms in total. The van der Waals surface area contributed by atoms with Crippen LogP contribution in [0.1, 0.15) is 17.1 Å². The highest BCUT2D eigenvalue weighted by Crippen LogP contribution is 2.12. The van der Waals surface area contributed by atoms with Crippen LogP contribution in [-0.2, 0) is 6.54 Å². The number of fused-ring (bicyclic) bond motifs is 1. The van der Waals surface area contributed by atoms with Crippen LogP contribution in [0.2, 0.25) is 0 Å². The third kappa shape index (κ3) is 1.21. The average Bonchev–Trinajstić information content (AvgIpc) is 2.47. The second-order valence-electron chi connectivity index (χ2n) is 3.31. The summed E-state index contributed by atoms with van der Waals surface area (Å²) in [6.45, 7) is 4.64. The topological polar surface area (TPSA) is 43.3 Å². The van der Waals surface area contributed by atoms with Crippen molar-refractivity contribution in [1.82, 2.24) is 9.38 Å². The Morgan fingerprint density at radius 1 is 1.38 bits per heavy atom. The Morgan fingerprint density at radius 3 is 2.85 bits per heavy atom. The van der Waals surface area contributed by atoms with Crippen LogP contribution in [0.3, 0.4) is 0 Å². The molecule has 0 saturated carbocycles. The molecule has 0 aromatic carbocycles. The molecule has 2 aromatic heterocycles. The lowest BCUT2D eigenvalue weighted by Gasteiger charge is -2.04. The first-order valence-corrected chi connectivity index (χ1v) is 4.36. The van der Waals surface area contributed by atoms with E-state index in [1.165, 1.54) is 11.3 Å². The minimum Gasteiger partial charge on any atom is -0.324 e. The van der Waals surface area contributed by atoms with Gasteiger partial charge in [-0.2, -0.15) is 0 Å². The van der Waals surface area contributed by atoms with Gasteiger partial charge in [-0.15, -0.1) is 0 Å². The summed E-state index contributed by atoms with van der Waals surface area (Å²) < 4.78 is 2.09. The zero-order valence-electron chi connectivity index (χ0n) is 7.91. The summed E-state index contributed by atoms with van der Waals surface area (Å²) in [5, 5.41) is 0. The van der Waals surface area contributed by atoms with E-state index in [0.717, 1.165) is 11.3 Å². The van der Waals surface area contributed by atoms with Crippen LogP contribution in [-0.4, -0.2) is 9.38 Å². The third-order valence-corrected chi connectivity index (χ3v) is 2.21. The molecule has 3 heteroatoms. The second-order valence-corrected chi connectivity index (χ2v) is 3.31. The number of aryl methyl sites for hydroxylation is 2. The highest BCUT2D eigenvalue weighted by Gasteiger charge is 2.03. The van der Waals surface area contributed by atoms with Gasteiger partial charge in [0.25, 0.3) is 0 Å². The normalized spacial score (nSPS) is 11.0. The standard InChI is InChI=1S/C10H13N3/c1-7-3-8(2)13-9(4-7)6-12-10(13)5-11/h3-4,6H,5,11H2,1-2H3. The molecule has 0 unspecified atom stereocenters. The molecule has 68 valence electrons. The van der Waals surface area contributed by atoms with Crippen molar-refractivity contribution in [2.24, 2.45) is 5.73 Å². The van der Waals surface area contributed by atoms with E-state index in [0.29, 0.717) is 6.54 Å². The fourth-order valence-corrected chi connectivity index (χ4v) is 1.73. The van der Waals surface area contributed by atoms with Gasteiger partial charge in [0.15, 0.2) is 0 Å². The van der Waals surface area contributed by atoms with Gasteiger partial charge in [-0.1, -0.05) is 0 Å². The van der Waals surface area contributed by atoms with Crippen molar-refractivity contribution < 1.29 is 0 Å². The molecule has 0 fully saturated rings. The highest BCUT2D eigenvalue weighted by atomic mass is 15.0. The van der Waals surface area contributed by atoms with E-state index in [9.17, 15) is 0 Å². The maximum atomic E-state index is 5.58. The summed E-state index contributed by atoms with van der Waals surface area (Å²) in [6.07, 6.45) is 1.86. The quantitative estimate of drug-likeness (QED) is 0.712. The Balaban J connectivity index is 2.82. The van der Waals surface area contributed by atoms with Crippen LogP contribution in [0.15, 0.2) is 18.3 Å². The van der Waals surface area contributed by atoms with E-state index in [2.05, 4.69) is 35.4 Å². The molecule has 2 heterocycles. The lowest BCUT2D eigenvalue weighted by molar-refractivity contribution is 0.882. The van der Waals surface area contributed by atoms with Crippen LogP contribution >= 0.6 is 0 Å². The van der Waals surface area contributed by atoms with E-state index in [1.807, 2.05) is 6.20 Å². The fraction of sp³-hybridized carbons (Fsp3) is 0.300. The molecule has 0 radical (unpaired) electrons. The molecule has 0 aliphatic rings. The predicted octanol–water partition coefficient (Wildman–Crippen LogP) is 1.41. The Labute approximate surface area is 77.2 Å². The van der Waals surface area contributed by atoms with Gasteiger partial charge in [-0.3, -0.25) is 4.40 Å². The van der Waals surface area contributed by atoms with Crippen molar-refractivity contribution in [2.45, 2.75) is 20.4 Å². The van der Waals surface area contributed by atoms with Gasteiger partial charge in [0.1, 0.15) is 5.82 Å². The summed E-state index contributed by atoms with van der Waals surface area (Å²) in [6, 6.07) is 4.24. The van der Waals surface area contributed by atoms with Crippen LogP contribution in [0.5, 0.6) is 0 Å². The van der Waals surface area contributed by atoms with Gasteiger partial charge in [0.2, 0.25) is 0 Å². The third-order valence-electron chi connectivity index (χ3n) is 2.21. The van der Waals surface area contributed by atoms with E-state index < -0.39 is 0 Å². The molecule has 2 rings (SSSR count). The summed E-state index contributed by atoms with van der Waals surface area (Å²) in [4.78, 5) is 4.25. The largest absolute Gasteiger partial charge is 0.324 e. The van der Waals surface area contributed by atoms with E-state index in [-0.39, 0.29) is 0 Å². The molecule has 0 amide bonds. The van der Waals surface area contributed by atoms with Gasteiger partial charge in [-0.05, 0) is 31.5 Å². The van der Waals surface area contributed by atoms with Crippen molar-refractivity contribution in [3.8, 4) is 0 Å². The van der Waals surface area contributed by atoms with Crippen molar-refractivity contribution in [3.63, 3.8) is 0 Å². The van der Waals surface area contributed by atoms with E-state index >= 15 is 0 Å². The van der Waals surface area contributed by atoms with Crippen molar-refractivity contribution in [1.29, 1.82) is 0 Å². The first kappa shape index (κ1) is 8.26. The monoisotopic (exact) mass is 175 g/mol. The van der Waals surface area contributed by atoms with Crippen molar-refractivity contribution in [3.05, 3.63) is 35.4 Å². The number of pyridine rings is 1. The lowest BCUT2D eigenvalue weighted by Crippen LogP contribution is -2.04. The van der Waals surface area contributed by atoms with Crippen LogP contribution in [0.4, 0.5) is 0 Å². The van der Waals surface area contributed by atoms with Gasteiger partial charge in [0, 0.05) is 5.69 Å². The number of rotatable bonds is 1. The van der Waals surface area contributed by atoms with Gasteiger partial charge in [0.05, 0.1) is 18.3 Å². The Bertz CT molecular complexity index is 443. The van der Waals surface area contributed by atoms with Crippen molar-refractivity contribution >= 4 is 5.52 Å². The van der Waals surface area contributed by atoms with Crippen LogP contribution in [0, 0.1) is 13.8 Å².